The second-order valence-electron chi connectivity index (χ2n) is 6.19. The molecule has 0 spiro atoms. The van der Waals surface area contributed by atoms with Crippen molar-refractivity contribution in [3.8, 4) is 0 Å². The number of methoxy groups -OCH3 is 1. The second-order valence-corrected chi connectivity index (χ2v) is 6.19. The molecule has 2 atom stereocenters. The van der Waals surface area contributed by atoms with Gasteiger partial charge in [-0.15, -0.1) is 0 Å². The van der Waals surface area contributed by atoms with Crippen molar-refractivity contribution in [2.24, 2.45) is 10.9 Å². The quantitative estimate of drug-likeness (QED) is 0.579. The molecule has 0 amide bonds. The third-order valence-electron chi connectivity index (χ3n) is 4.14. The minimum absolute atomic E-state index is 0.145. The lowest BCUT2D eigenvalue weighted by molar-refractivity contribution is 0.164. The lowest BCUT2D eigenvalue weighted by atomic mass is 10.0. The highest BCUT2D eigenvalue weighted by molar-refractivity contribution is 6.00. The van der Waals surface area contributed by atoms with E-state index >= 15 is 0 Å². The molecule has 2 rings (SSSR count). The summed E-state index contributed by atoms with van der Waals surface area (Å²) in [6.45, 7) is 7.23. The van der Waals surface area contributed by atoms with Crippen molar-refractivity contribution in [1.82, 2.24) is 4.90 Å². The molecule has 0 aromatic heterocycles. The van der Waals surface area contributed by atoms with Crippen LogP contribution in [0.15, 0.2) is 59.8 Å². The highest BCUT2D eigenvalue weighted by Crippen LogP contribution is 2.19. The van der Waals surface area contributed by atoms with E-state index in [4.69, 9.17) is 9.73 Å². The Hall–Kier alpha value is -1.87. The van der Waals surface area contributed by atoms with Gasteiger partial charge in [0.25, 0.3) is 0 Å². The number of rotatable bonds is 6. The van der Waals surface area contributed by atoms with Crippen molar-refractivity contribution in [2.75, 3.05) is 13.7 Å². The summed E-state index contributed by atoms with van der Waals surface area (Å²) in [6, 6.07) is 10.9. The van der Waals surface area contributed by atoms with Crippen molar-refractivity contribution in [3.05, 3.63) is 60.3 Å². The van der Waals surface area contributed by atoms with Crippen LogP contribution in [-0.2, 0) is 4.74 Å². The van der Waals surface area contributed by atoms with Crippen LogP contribution in [0.2, 0.25) is 0 Å². The zero-order chi connectivity index (χ0) is 16.7. The Morgan fingerprint density at radius 3 is 2.57 bits per heavy atom. The van der Waals surface area contributed by atoms with Crippen LogP contribution in [0.1, 0.15) is 32.8 Å². The topological polar surface area (TPSA) is 24.8 Å². The third-order valence-corrected chi connectivity index (χ3v) is 4.14. The van der Waals surface area contributed by atoms with E-state index in [2.05, 4.69) is 74.4 Å². The Labute approximate surface area is 140 Å². The number of nitrogens with zero attached hydrogens (tertiary/aromatic N) is 2. The number of hydrogen-bond donors (Lipinski definition) is 0. The molecule has 0 saturated carbocycles. The normalized spacial score (nSPS) is 19.4. The second kappa shape index (κ2) is 8.68. The van der Waals surface area contributed by atoms with E-state index in [1.165, 1.54) is 0 Å². The summed E-state index contributed by atoms with van der Waals surface area (Å²) in [5.41, 5.74) is 1.15. The third kappa shape index (κ3) is 4.55. The van der Waals surface area contributed by atoms with Crippen molar-refractivity contribution in [2.45, 2.75) is 39.3 Å². The van der Waals surface area contributed by atoms with Gasteiger partial charge in [-0.05, 0) is 18.4 Å². The number of amidine groups is 1. The van der Waals surface area contributed by atoms with E-state index in [-0.39, 0.29) is 6.04 Å². The average Bonchev–Trinajstić information content (AvgIpc) is 2.59. The van der Waals surface area contributed by atoms with Gasteiger partial charge in [-0.25, -0.2) is 0 Å². The predicted molar refractivity (Wildman–Crippen MR) is 97.7 cm³/mol. The first-order valence-corrected chi connectivity index (χ1v) is 8.42. The highest BCUT2D eigenvalue weighted by Gasteiger charge is 2.22. The summed E-state index contributed by atoms with van der Waals surface area (Å²) in [7, 11) is 1.74. The molecule has 1 aliphatic rings. The molecule has 1 aliphatic heterocycles. The van der Waals surface area contributed by atoms with Crippen molar-refractivity contribution in [1.29, 1.82) is 0 Å². The lowest BCUT2D eigenvalue weighted by Gasteiger charge is -2.32. The van der Waals surface area contributed by atoms with Crippen LogP contribution >= 0.6 is 0 Å². The Kier molecular flexibility index (Phi) is 6.60. The zero-order valence-corrected chi connectivity index (χ0v) is 14.6. The van der Waals surface area contributed by atoms with Gasteiger partial charge in [0, 0.05) is 18.9 Å². The smallest absolute Gasteiger partial charge is 0.135 e. The van der Waals surface area contributed by atoms with Crippen LogP contribution in [0, 0.1) is 5.92 Å². The van der Waals surface area contributed by atoms with Crippen LogP contribution in [0.5, 0.6) is 0 Å². The maximum atomic E-state index is 5.38. The Bertz CT molecular complexity index is 560. The van der Waals surface area contributed by atoms with Crippen LogP contribution in [-0.4, -0.2) is 36.5 Å². The monoisotopic (exact) mass is 312 g/mol. The fourth-order valence-corrected chi connectivity index (χ4v) is 2.68. The number of allylic oxidation sites excluding steroid dienone is 2. The average molecular weight is 312 g/mol. The van der Waals surface area contributed by atoms with Crippen molar-refractivity contribution in [3.63, 3.8) is 0 Å². The Balaban J connectivity index is 2.43. The summed E-state index contributed by atoms with van der Waals surface area (Å²) >= 11 is 0. The molecule has 1 heterocycles. The molecule has 0 radical (unpaired) electrons. The van der Waals surface area contributed by atoms with Gasteiger partial charge in [-0.3, -0.25) is 4.99 Å². The first-order valence-electron chi connectivity index (χ1n) is 8.42. The molecule has 0 aliphatic carbocycles. The number of benzene rings is 1. The molecule has 1 aromatic rings. The van der Waals surface area contributed by atoms with E-state index in [1.807, 2.05) is 6.07 Å². The summed E-state index contributed by atoms with van der Waals surface area (Å²) in [6.07, 6.45) is 9.60. The van der Waals surface area contributed by atoms with Crippen LogP contribution in [0.25, 0.3) is 0 Å². The largest absolute Gasteiger partial charge is 0.382 e. The Morgan fingerprint density at radius 1 is 1.22 bits per heavy atom. The van der Waals surface area contributed by atoms with Gasteiger partial charge < -0.3 is 9.64 Å². The first-order chi connectivity index (χ1) is 11.2. The molecule has 23 heavy (non-hydrogen) atoms. The summed E-state index contributed by atoms with van der Waals surface area (Å²) in [4.78, 5) is 7.37. The van der Waals surface area contributed by atoms with Gasteiger partial charge in [0.05, 0.1) is 18.7 Å². The summed E-state index contributed by atoms with van der Waals surface area (Å²) in [5, 5.41) is 0. The van der Waals surface area contributed by atoms with E-state index in [0.717, 1.165) is 17.8 Å². The van der Waals surface area contributed by atoms with Gasteiger partial charge in [-0.1, -0.05) is 63.3 Å². The van der Waals surface area contributed by atoms with E-state index in [0.29, 0.717) is 18.6 Å². The van der Waals surface area contributed by atoms with E-state index in [9.17, 15) is 0 Å². The van der Waals surface area contributed by atoms with Crippen LogP contribution < -0.4 is 0 Å². The Morgan fingerprint density at radius 2 is 1.96 bits per heavy atom. The molecule has 124 valence electrons. The van der Waals surface area contributed by atoms with Gasteiger partial charge >= 0.3 is 0 Å². The fraction of sp³-hybridized carbons (Fsp3) is 0.450. The van der Waals surface area contributed by atoms with Gasteiger partial charge in [0.2, 0.25) is 0 Å². The molecule has 3 heteroatoms. The van der Waals surface area contributed by atoms with E-state index in [1.54, 1.807) is 7.11 Å². The molecule has 0 unspecified atom stereocenters. The molecule has 0 bridgehead atoms. The van der Waals surface area contributed by atoms with Gasteiger partial charge in [0.15, 0.2) is 0 Å². The lowest BCUT2D eigenvalue weighted by Crippen LogP contribution is -2.38. The first kappa shape index (κ1) is 17.5. The van der Waals surface area contributed by atoms with Gasteiger partial charge in [0.1, 0.15) is 5.84 Å². The molecule has 3 nitrogen and oxygen atoms in total. The maximum absolute atomic E-state index is 5.38. The van der Waals surface area contributed by atoms with E-state index < -0.39 is 0 Å². The number of ether oxygens (including phenoxy) is 1. The van der Waals surface area contributed by atoms with Crippen LogP contribution in [0.4, 0.5) is 0 Å². The van der Waals surface area contributed by atoms with Crippen LogP contribution in [0.3, 0.4) is 0 Å². The molecular formula is C20H28N2O. The fourth-order valence-electron chi connectivity index (χ4n) is 2.68. The molecule has 0 fully saturated rings. The summed E-state index contributed by atoms with van der Waals surface area (Å²) in [5.74, 6) is 1.45. The minimum Gasteiger partial charge on any atom is -0.382 e. The standard InChI is InChI=1S/C20H28N2O/c1-5-18-13-9-10-14-22(18)20(17-11-7-6-8-12-17)21-19(15-23-4)16(2)3/h6-14,16,18-19H,5,15H2,1-4H3/t18-,19-/m1/s1. The number of hydrogen-bond acceptors (Lipinski definition) is 2. The highest BCUT2D eigenvalue weighted by atomic mass is 16.5. The molecule has 1 aromatic carbocycles. The van der Waals surface area contributed by atoms with Gasteiger partial charge in [-0.2, -0.15) is 0 Å². The maximum Gasteiger partial charge on any atom is 0.135 e. The predicted octanol–water partition coefficient (Wildman–Crippen LogP) is 4.27. The molecule has 0 saturated heterocycles. The molecule has 0 N–H and O–H groups in total. The number of aliphatic imine (C=N–C) groups is 1. The summed E-state index contributed by atoms with van der Waals surface area (Å²) < 4.78 is 5.38. The minimum atomic E-state index is 0.145. The molecular weight excluding hydrogens is 284 g/mol. The van der Waals surface area contributed by atoms with Crippen molar-refractivity contribution < 1.29 is 4.74 Å². The zero-order valence-electron chi connectivity index (χ0n) is 14.6. The SMILES string of the molecule is CC[C@@H]1C=CC=CN1C(=N[C@H](COC)C(C)C)c1ccccc1. The van der Waals surface area contributed by atoms with Crippen molar-refractivity contribution >= 4 is 5.84 Å².